The number of hydrogen-bond donors (Lipinski definition) is 1. The molecule has 2 heterocycles. The summed E-state index contributed by atoms with van der Waals surface area (Å²) in [5.41, 5.74) is 0.326. The van der Waals surface area contributed by atoms with Gasteiger partial charge in [-0.1, -0.05) is 6.92 Å². The second kappa shape index (κ2) is 8.09. The Balaban J connectivity index is 1.76. The maximum absolute atomic E-state index is 12.0. The number of nitrogens with zero attached hydrogens (tertiary/aromatic N) is 4. The van der Waals surface area contributed by atoms with Crippen molar-refractivity contribution in [2.45, 2.75) is 24.3 Å². The molecule has 1 aromatic carbocycles. The van der Waals surface area contributed by atoms with Crippen LogP contribution >= 0.6 is 0 Å². The number of nitro groups is 1. The van der Waals surface area contributed by atoms with E-state index in [1.807, 2.05) is 4.90 Å². The van der Waals surface area contributed by atoms with Crippen LogP contribution in [0.5, 0.6) is 0 Å². The lowest BCUT2D eigenvalue weighted by molar-refractivity contribution is -0.384. The van der Waals surface area contributed by atoms with E-state index in [0.717, 1.165) is 58.3 Å². The molecule has 27 heavy (non-hydrogen) atoms. The maximum atomic E-state index is 12.0. The van der Waals surface area contributed by atoms with E-state index < -0.39 is 14.9 Å². The Kier molecular flexibility index (Phi) is 5.99. The van der Waals surface area contributed by atoms with E-state index in [1.54, 1.807) is 6.07 Å². The molecule has 1 unspecified atom stereocenters. The van der Waals surface area contributed by atoms with E-state index in [9.17, 15) is 18.5 Å². The van der Waals surface area contributed by atoms with Gasteiger partial charge < -0.3 is 9.80 Å². The number of rotatable bonds is 6. The summed E-state index contributed by atoms with van der Waals surface area (Å²) in [6.07, 6.45) is 0.958. The Morgan fingerprint density at radius 1 is 1.22 bits per heavy atom. The summed E-state index contributed by atoms with van der Waals surface area (Å²) in [4.78, 5) is 17.9. The van der Waals surface area contributed by atoms with Crippen molar-refractivity contribution >= 4 is 21.4 Å². The second-order valence-corrected chi connectivity index (χ2v) is 8.86. The first kappa shape index (κ1) is 20.0. The first-order valence-corrected chi connectivity index (χ1v) is 10.8. The fourth-order valence-corrected chi connectivity index (χ4v) is 4.65. The molecule has 1 atom stereocenters. The first-order chi connectivity index (χ1) is 12.9. The van der Waals surface area contributed by atoms with E-state index in [2.05, 4.69) is 21.4 Å². The molecule has 0 saturated carbocycles. The van der Waals surface area contributed by atoms with Crippen LogP contribution in [0.25, 0.3) is 0 Å². The van der Waals surface area contributed by atoms with Crippen LogP contribution in [0.1, 0.15) is 13.3 Å². The number of nitro benzene ring substituents is 1. The minimum absolute atomic E-state index is 0.0908. The van der Waals surface area contributed by atoms with E-state index >= 15 is 0 Å². The van der Waals surface area contributed by atoms with E-state index in [1.165, 1.54) is 13.1 Å². The molecular formula is C17H27N5O4S. The molecule has 0 amide bonds. The van der Waals surface area contributed by atoms with Crippen LogP contribution in [0, 0.1) is 10.1 Å². The number of benzene rings is 1. The van der Waals surface area contributed by atoms with Gasteiger partial charge in [0.25, 0.3) is 5.69 Å². The monoisotopic (exact) mass is 397 g/mol. The molecule has 0 bridgehead atoms. The molecular weight excluding hydrogens is 370 g/mol. The number of likely N-dealkylation sites (N-methyl/N-ethyl adjacent to an activating group) is 1. The lowest BCUT2D eigenvalue weighted by Gasteiger charge is -2.37. The third kappa shape index (κ3) is 4.23. The molecule has 2 saturated heterocycles. The fourth-order valence-electron chi connectivity index (χ4n) is 3.91. The van der Waals surface area contributed by atoms with Gasteiger partial charge in [-0.3, -0.25) is 15.0 Å². The predicted octanol–water partition coefficient (Wildman–Crippen LogP) is 0.719. The molecule has 2 aliphatic rings. The van der Waals surface area contributed by atoms with Crippen molar-refractivity contribution in [2.24, 2.45) is 0 Å². The summed E-state index contributed by atoms with van der Waals surface area (Å²) in [5.74, 6) is 0. The quantitative estimate of drug-likeness (QED) is 0.558. The van der Waals surface area contributed by atoms with Crippen molar-refractivity contribution < 1.29 is 13.3 Å². The number of anilines is 1. The maximum Gasteiger partial charge on any atom is 0.293 e. The molecule has 1 aromatic rings. The molecule has 3 rings (SSSR count). The summed E-state index contributed by atoms with van der Waals surface area (Å²) >= 11 is 0. The highest BCUT2D eigenvalue weighted by Gasteiger charge is 2.33. The van der Waals surface area contributed by atoms with Gasteiger partial charge in [0.2, 0.25) is 10.0 Å². The number of piperazine rings is 1. The topological polar surface area (TPSA) is 99.0 Å². The number of nitrogens with one attached hydrogen (secondary N) is 1. The average molecular weight is 398 g/mol. The zero-order chi connectivity index (χ0) is 19.6. The zero-order valence-corrected chi connectivity index (χ0v) is 16.6. The number of hydrogen-bond acceptors (Lipinski definition) is 7. The van der Waals surface area contributed by atoms with Crippen molar-refractivity contribution in [3.05, 3.63) is 28.3 Å². The zero-order valence-electron chi connectivity index (χ0n) is 15.8. The molecule has 2 aliphatic heterocycles. The van der Waals surface area contributed by atoms with Crippen LogP contribution in [-0.2, 0) is 10.0 Å². The molecule has 0 aliphatic carbocycles. The van der Waals surface area contributed by atoms with Crippen LogP contribution in [0.15, 0.2) is 23.1 Å². The Bertz CT molecular complexity index is 793. The van der Waals surface area contributed by atoms with E-state index in [-0.39, 0.29) is 10.6 Å². The van der Waals surface area contributed by atoms with Gasteiger partial charge in [0.05, 0.1) is 9.82 Å². The second-order valence-electron chi connectivity index (χ2n) is 6.97. The van der Waals surface area contributed by atoms with Gasteiger partial charge in [0.1, 0.15) is 5.69 Å². The van der Waals surface area contributed by atoms with Gasteiger partial charge in [0, 0.05) is 51.4 Å². The summed E-state index contributed by atoms with van der Waals surface area (Å²) in [7, 11) is -2.43. The van der Waals surface area contributed by atoms with Crippen molar-refractivity contribution in [1.82, 2.24) is 14.5 Å². The summed E-state index contributed by atoms with van der Waals surface area (Å²) < 4.78 is 26.1. The minimum Gasteiger partial charge on any atom is -0.364 e. The Morgan fingerprint density at radius 2 is 1.93 bits per heavy atom. The van der Waals surface area contributed by atoms with Gasteiger partial charge >= 0.3 is 0 Å². The van der Waals surface area contributed by atoms with Crippen LogP contribution in [0.4, 0.5) is 11.4 Å². The summed E-state index contributed by atoms with van der Waals surface area (Å²) in [5, 5.41) is 11.5. The summed E-state index contributed by atoms with van der Waals surface area (Å²) in [6.45, 7) is 8.86. The van der Waals surface area contributed by atoms with Gasteiger partial charge in [-0.2, -0.15) is 0 Å². The standard InChI is InChI=1S/C17H27N5O4S/c1-3-19-8-10-20(11-9-19)14-6-7-21(13-14)16-5-4-15(27(25,26)18-2)12-17(16)22(23)24/h4-5,12,14,18H,3,6-11,13H2,1-2H3. The largest absolute Gasteiger partial charge is 0.364 e. The normalized spacial score (nSPS) is 22.3. The smallest absolute Gasteiger partial charge is 0.293 e. The van der Waals surface area contributed by atoms with E-state index in [0.29, 0.717) is 11.7 Å². The van der Waals surface area contributed by atoms with Crippen molar-refractivity contribution in [3.8, 4) is 0 Å². The van der Waals surface area contributed by atoms with Crippen molar-refractivity contribution in [3.63, 3.8) is 0 Å². The van der Waals surface area contributed by atoms with Crippen molar-refractivity contribution in [1.29, 1.82) is 0 Å². The predicted molar refractivity (Wildman–Crippen MR) is 104 cm³/mol. The molecule has 1 N–H and O–H groups in total. The van der Waals surface area contributed by atoms with Crippen molar-refractivity contribution in [2.75, 3.05) is 57.8 Å². The van der Waals surface area contributed by atoms with Gasteiger partial charge in [-0.15, -0.1) is 0 Å². The summed E-state index contributed by atoms with van der Waals surface area (Å²) in [6, 6.07) is 4.51. The molecule has 0 radical (unpaired) electrons. The van der Waals surface area contributed by atoms with Crippen LogP contribution < -0.4 is 9.62 Å². The Hall–Kier alpha value is -1.75. The molecule has 0 aromatic heterocycles. The van der Waals surface area contributed by atoms with E-state index in [4.69, 9.17) is 0 Å². The Morgan fingerprint density at radius 3 is 2.52 bits per heavy atom. The lowest BCUT2D eigenvalue weighted by atomic mass is 10.2. The third-order valence-electron chi connectivity index (χ3n) is 5.60. The first-order valence-electron chi connectivity index (χ1n) is 9.29. The third-order valence-corrected chi connectivity index (χ3v) is 7.01. The average Bonchev–Trinajstić information content (AvgIpc) is 3.17. The molecule has 2 fully saturated rings. The lowest BCUT2D eigenvalue weighted by Crippen LogP contribution is -2.50. The molecule has 9 nitrogen and oxygen atoms in total. The van der Waals surface area contributed by atoms with Gasteiger partial charge in [-0.25, -0.2) is 13.1 Å². The van der Waals surface area contributed by atoms with Crippen LogP contribution in [0.2, 0.25) is 0 Å². The van der Waals surface area contributed by atoms with Gasteiger partial charge in [0.15, 0.2) is 0 Å². The highest BCUT2D eigenvalue weighted by molar-refractivity contribution is 7.89. The highest BCUT2D eigenvalue weighted by atomic mass is 32.2. The molecule has 0 spiro atoms. The van der Waals surface area contributed by atoms with Crippen LogP contribution in [-0.4, -0.2) is 82.0 Å². The molecule has 150 valence electrons. The molecule has 10 heteroatoms. The number of sulfonamides is 1. The van der Waals surface area contributed by atoms with Gasteiger partial charge in [-0.05, 0) is 32.1 Å². The minimum atomic E-state index is -3.72. The highest BCUT2D eigenvalue weighted by Crippen LogP contribution is 2.33. The SMILES string of the molecule is CCN1CCN(C2CCN(c3ccc(S(=O)(=O)NC)cc3[N+](=O)[O-])C2)CC1. The van der Waals surface area contributed by atoms with Crippen LogP contribution in [0.3, 0.4) is 0 Å². The fraction of sp³-hybridized carbons (Fsp3) is 0.647. The Labute approximate surface area is 160 Å².